The number of amides is 3. The van der Waals surface area contributed by atoms with Gasteiger partial charge in [0.15, 0.2) is 0 Å². The van der Waals surface area contributed by atoms with Crippen molar-refractivity contribution in [2.24, 2.45) is 0 Å². The van der Waals surface area contributed by atoms with Crippen molar-refractivity contribution in [2.75, 3.05) is 9.80 Å². The molecule has 2 heterocycles. The maximum absolute atomic E-state index is 14.5. The standard InChI is InChI=1S/C31H27ClF3N5O4/c1-30(44)16-22(39(29(30)43)25-11-18(17-36)9-10-37-25)13-26(41)40(21-6-4-5-19(33)12-21)27(23-7-2-3-8-24(23)32)28(42)38-20-14-31(34,35)15-20/h2-12,20,22,27,44H,13-16H2,1H3,(H,38,42)/t22-,27-,30?/m1/s1. The van der Waals surface area contributed by atoms with Gasteiger partial charge in [-0.1, -0.05) is 35.9 Å². The van der Waals surface area contributed by atoms with Crippen molar-refractivity contribution in [3.05, 3.63) is 88.8 Å². The summed E-state index contributed by atoms with van der Waals surface area (Å²) in [4.78, 5) is 47.7. The summed E-state index contributed by atoms with van der Waals surface area (Å²) >= 11 is 6.49. The first-order valence-electron chi connectivity index (χ1n) is 13.7. The average molecular weight is 626 g/mol. The van der Waals surface area contributed by atoms with Gasteiger partial charge in [0.25, 0.3) is 11.8 Å². The number of nitriles is 1. The molecule has 9 nitrogen and oxygen atoms in total. The van der Waals surface area contributed by atoms with Crippen LogP contribution in [0.5, 0.6) is 0 Å². The molecule has 3 aromatic rings. The van der Waals surface area contributed by atoms with Gasteiger partial charge >= 0.3 is 0 Å². The first-order valence-corrected chi connectivity index (χ1v) is 14.1. The van der Waals surface area contributed by atoms with Crippen LogP contribution in [0.1, 0.15) is 49.8 Å². The number of pyridine rings is 1. The van der Waals surface area contributed by atoms with E-state index in [0.717, 1.165) is 21.9 Å². The topological polar surface area (TPSA) is 127 Å². The van der Waals surface area contributed by atoms with Crippen molar-refractivity contribution in [3.63, 3.8) is 0 Å². The zero-order chi connectivity index (χ0) is 31.8. The lowest BCUT2D eigenvalue weighted by molar-refractivity contribution is -0.133. The highest BCUT2D eigenvalue weighted by Gasteiger charge is 2.51. The minimum absolute atomic E-state index is 0.0266. The van der Waals surface area contributed by atoms with Crippen LogP contribution in [0, 0.1) is 17.1 Å². The molecule has 3 amide bonds. The van der Waals surface area contributed by atoms with Crippen LogP contribution in [0.4, 0.5) is 24.7 Å². The zero-order valence-corrected chi connectivity index (χ0v) is 24.1. The van der Waals surface area contributed by atoms with Gasteiger partial charge in [-0.3, -0.25) is 24.2 Å². The highest BCUT2D eigenvalue weighted by atomic mass is 35.5. The third kappa shape index (κ3) is 6.25. The summed E-state index contributed by atoms with van der Waals surface area (Å²) in [5.41, 5.74) is -1.56. The number of alkyl halides is 2. The van der Waals surface area contributed by atoms with Crippen LogP contribution < -0.4 is 15.1 Å². The molecule has 0 radical (unpaired) electrons. The summed E-state index contributed by atoms with van der Waals surface area (Å²) < 4.78 is 41.8. The van der Waals surface area contributed by atoms with E-state index in [2.05, 4.69) is 10.3 Å². The second-order valence-corrected chi connectivity index (χ2v) is 11.6. The highest BCUT2D eigenvalue weighted by molar-refractivity contribution is 6.31. The summed E-state index contributed by atoms with van der Waals surface area (Å²) in [6.07, 6.45) is -0.511. The monoisotopic (exact) mass is 625 g/mol. The zero-order valence-electron chi connectivity index (χ0n) is 23.4. The van der Waals surface area contributed by atoms with E-state index in [0.29, 0.717) is 0 Å². The minimum atomic E-state index is -2.93. The number of hydrogen-bond acceptors (Lipinski definition) is 6. The van der Waals surface area contributed by atoms with E-state index in [-0.39, 0.29) is 34.1 Å². The van der Waals surface area contributed by atoms with Crippen molar-refractivity contribution in [1.29, 1.82) is 5.26 Å². The van der Waals surface area contributed by atoms with Crippen molar-refractivity contribution in [3.8, 4) is 6.07 Å². The van der Waals surface area contributed by atoms with Crippen LogP contribution in [-0.4, -0.2) is 51.4 Å². The normalized spacial score (nSPS) is 21.7. The Morgan fingerprint density at radius 2 is 1.91 bits per heavy atom. The molecule has 1 saturated carbocycles. The predicted octanol–water partition coefficient (Wildman–Crippen LogP) is 4.68. The number of nitrogens with zero attached hydrogens (tertiary/aromatic N) is 4. The maximum Gasteiger partial charge on any atom is 0.260 e. The number of carbonyl (C=O) groups excluding carboxylic acids is 3. The molecule has 5 rings (SSSR count). The number of carbonyl (C=O) groups is 3. The molecule has 2 aliphatic rings. The number of halogens is 4. The van der Waals surface area contributed by atoms with E-state index in [9.17, 15) is 37.9 Å². The molecule has 1 aromatic heterocycles. The Morgan fingerprint density at radius 1 is 1.18 bits per heavy atom. The lowest BCUT2D eigenvalue weighted by Gasteiger charge is -2.38. The summed E-state index contributed by atoms with van der Waals surface area (Å²) in [7, 11) is 0. The second-order valence-electron chi connectivity index (χ2n) is 11.2. The van der Waals surface area contributed by atoms with Gasteiger partial charge in [0.2, 0.25) is 11.8 Å². The van der Waals surface area contributed by atoms with Gasteiger partial charge in [-0.15, -0.1) is 0 Å². The van der Waals surface area contributed by atoms with Crippen molar-refractivity contribution in [2.45, 2.75) is 62.3 Å². The van der Waals surface area contributed by atoms with Crippen LogP contribution in [0.3, 0.4) is 0 Å². The average Bonchev–Trinajstić information content (AvgIpc) is 3.17. The fraction of sp³-hybridized carbons (Fsp3) is 0.323. The number of nitrogens with one attached hydrogen (secondary N) is 1. The van der Waals surface area contributed by atoms with Crippen LogP contribution in [0.15, 0.2) is 66.9 Å². The smallest absolute Gasteiger partial charge is 0.260 e. The molecule has 44 heavy (non-hydrogen) atoms. The third-order valence-corrected chi connectivity index (χ3v) is 8.05. The predicted molar refractivity (Wildman–Crippen MR) is 154 cm³/mol. The van der Waals surface area contributed by atoms with Gasteiger partial charge in [-0.05, 0) is 43.3 Å². The molecule has 0 bridgehead atoms. The van der Waals surface area contributed by atoms with E-state index in [4.69, 9.17) is 11.6 Å². The number of benzene rings is 2. The van der Waals surface area contributed by atoms with Crippen LogP contribution in [0.2, 0.25) is 5.02 Å². The van der Waals surface area contributed by atoms with Gasteiger partial charge in [0.05, 0.1) is 17.7 Å². The molecule has 3 atom stereocenters. The Bertz CT molecular complexity index is 1650. The summed E-state index contributed by atoms with van der Waals surface area (Å²) in [6, 6.07) is 12.5. The first kappa shape index (κ1) is 31.0. The Balaban J connectivity index is 1.56. The molecule has 1 saturated heterocycles. The Hall–Kier alpha value is -4.47. The van der Waals surface area contributed by atoms with Crippen molar-refractivity contribution < 1.29 is 32.7 Å². The minimum Gasteiger partial charge on any atom is -0.380 e. The molecular weight excluding hydrogens is 599 g/mol. The van der Waals surface area contributed by atoms with Gasteiger partial charge in [0, 0.05) is 54.2 Å². The lowest BCUT2D eigenvalue weighted by Crippen LogP contribution is -2.54. The molecule has 1 aliphatic carbocycles. The maximum atomic E-state index is 14.5. The molecular formula is C31H27ClF3N5O4. The van der Waals surface area contributed by atoms with Crippen LogP contribution in [-0.2, 0) is 14.4 Å². The highest BCUT2D eigenvalue weighted by Crippen LogP contribution is 2.40. The van der Waals surface area contributed by atoms with Crippen LogP contribution >= 0.6 is 11.6 Å². The molecule has 2 N–H and O–H groups in total. The molecule has 0 spiro atoms. The second kappa shape index (κ2) is 11.9. The van der Waals surface area contributed by atoms with Gasteiger partial charge in [-0.25, -0.2) is 18.2 Å². The first-order chi connectivity index (χ1) is 20.8. The molecule has 1 aliphatic heterocycles. The Labute approximate surface area is 255 Å². The van der Waals surface area contributed by atoms with E-state index < -0.39 is 72.5 Å². The van der Waals surface area contributed by atoms with Crippen molar-refractivity contribution in [1.82, 2.24) is 10.3 Å². The number of anilines is 2. The third-order valence-electron chi connectivity index (χ3n) is 7.71. The van der Waals surface area contributed by atoms with Crippen molar-refractivity contribution >= 4 is 40.8 Å². The fourth-order valence-electron chi connectivity index (χ4n) is 5.64. The molecule has 228 valence electrons. The van der Waals surface area contributed by atoms with E-state index in [1.807, 2.05) is 6.07 Å². The fourth-order valence-corrected chi connectivity index (χ4v) is 5.88. The van der Waals surface area contributed by atoms with Gasteiger partial charge in [0.1, 0.15) is 23.3 Å². The molecule has 1 unspecified atom stereocenters. The summed E-state index contributed by atoms with van der Waals surface area (Å²) in [5.74, 6) is -5.93. The summed E-state index contributed by atoms with van der Waals surface area (Å²) in [6.45, 7) is 1.29. The SMILES string of the molecule is CC1(O)C[C@@H](CC(=O)N(c2cccc(F)c2)[C@@H](C(=O)NC2CC(F)(F)C2)c2ccccc2Cl)N(c2cc(C#N)ccn2)C1=O. The number of aromatic nitrogens is 1. The number of rotatable bonds is 8. The number of hydrogen-bond donors (Lipinski definition) is 2. The van der Waals surface area contributed by atoms with Crippen LogP contribution in [0.25, 0.3) is 0 Å². The molecule has 2 fully saturated rings. The van der Waals surface area contributed by atoms with Gasteiger partial charge < -0.3 is 10.4 Å². The quantitative estimate of drug-likeness (QED) is 0.374. The van der Waals surface area contributed by atoms with E-state index in [1.165, 1.54) is 49.5 Å². The summed E-state index contributed by atoms with van der Waals surface area (Å²) in [5, 5.41) is 22.9. The molecule has 13 heteroatoms. The molecule has 2 aromatic carbocycles. The van der Waals surface area contributed by atoms with E-state index in [1.54, 1.807) is 12.1 Å². The Morgan fingerprint density at radius 3 is 2.57 bits per heavy atom. The largest absolute Gasteiger partial charge is 0.380 e. The Kier molecular flexibility index (Phi) is 8.38. The van der Waals surface area contributed by atoms with Gasteiger partial charge in [-0.2, -0.15) is 5.26 Å². The van der Waals surface area contributed by atoms with E-state index >= 15 is 0 Å². The lowest BCUT2D eigenvalue weighted by atomic mass is 9.87. The number of aliphatic hydroxyl groups is 1.